The fraction of sp³-hybridized carbons (Fsp3) is 0.212. The van der Waals surface area contributed by atoms with Gasteiger partial charge in [0.25, 0.3) is 0 Å². The molecule has 0 fully saturated rings. The van der Waals surface area contributed by atoms with E-state index < -0.39 is 0 Å². The van der Waals surface area contributed by atoms with Crippen molar-refractivity contribution in [3.63, 3.8) is 0 Å². The Morgan fingerprint density at radius 2 is 1.49 bits per heavy atom. The molecule has 2 aromatic heterocycles. The summed E-state index contributed by atoms with van der Waals surface area (Å²) in [4.78, 5) is 5.04. The third kappa shape index (κ3) is 2.96. The Balaban J connectivity index is 1.45. The first kappa shape index (κ1) is 22.1. The summed E-state index contributed by atoms with van der Waals surface area (Å²) in [5.74, 6) is 0. The Hall–Kier alpha value is -4.18. The summed E-state index contributed by atoms with van der Waals surface area (Å²) in [5, 5.41) is 3.59. The molecule has 0 N–H and O–H groups in total. The lowest BCUT2D eigenvalue weighted by Gasteiger charge is -2.42. The second kappa shape index (κ2) is 7.66. The zero-order chi connectivity index (χ0) is 25.5. The molecule has 6 aromatic rings. The Morgan fingerprint density at radius 1 is 0.784 bits per heavy atom. The zero-order valence-electron chi connectivity index (χ0n) is 22.0. The van der Waals surface area contributed by atoms with Crippen molar-refractivity contribution in [3.05, 3.63) is 102 Å². The highest BCUT2D eigenvalue weighted by molar-refractivity contribution is 6.10. The van der Waals surface area contributed by atoms with E-state index in [0.29, 0.717) is 0 Å². The quantitative estimate of drug-likeness (QED) is 0.251. The van der Waals surface area contributed by atoms with Crippen molar-refractivity contribution in [2.45, 2.75) is 39.4 Å². The smallest absolute Gasteiger partial charge is 0.159 e. The third-order valence-corrected chi connectivity index (χ3v) is 8.29. The maximum absolute atomic E-state index is 6.54. The van der Waals surface area contributed by atoms with Gasteiger partial charge in [-0.1, -0.05) is 60.7 Å². The number of nitrogens with zero attached hydrogens (tertiary/aromatic N) is 3. The molecule has 0 saturated carbocycles. The summed E-state index contributed by atoms with van der Waals surface area (Å²) in [6.07, 6.45) is 0.0722. The van der Waals surface area contributed by atoms with E-state index in [9.17, 15) is 0 Å². The van der Waals surface area contributed by atoms with Crippen LogP contribution in [0.25, 0.3) is 32.8 Å². The number of furan rings is 1. The van der Waals surface area contributed by atoms with E-state index in [1.165, 1.54) is 33.5 Å². The molecule has 0 amide bonds. The van der Waals surface area contributed by atoms with Crippen LogP contribution in [0.3, 0.4) is 0 Å². The van der Waals surface area contributed by atoms with E-state index in [1.807, 2.05) is 6.07 Å². The molecule has 0 bridgehead atoms. The number of anilines is 3. The van der Waals surface area contributed by atoms with Gasteiger partial charge in [-0.25, -0.2) is 0 Å². The van der Waals surface area contributed by atoms with Crippen molar-refractivity contribution < 1.29 is 4.42 Å². The summed E-state index contributed by atoms with van der Waals surface area (Å²) in [6, 6.07) is 32.5. The molecule has 0 unspecified atom stereocenters. The van der Waals surface area contributed by atoms with E-state index >= 15 is 0 Å². The first-order chi connectivity index (χ1) is 17.9. The van der Waals surface area contributed by atoms with E-state index in [2.05, 4.69) is 134 Å². The van der Waals surface area contributed by atoms with Gasteiger partial charge in [-0.3, -0.25) is 0 Å². The largest absolute Gasteiger partial charge is 0.454 e. The fourth-order valence-corrected chi connectivity index (χ4v) is 6.64. The molecule has 0 aliphatic carbocycles. The summed E-state index contributed by atoms with van der Waals surface area (Å²) in [7, 11) is 2.18. The van der Waals surface area contributed by atoms with Crippen molar-refractivity contribution in [3.8, 4) is 0 Å². The number of hydrogen-bond acceptors (Lipinski definition) is 3. The Labute approximate surface area is 217 Å². The molecule has 37 heavy (non-hydrogen) atoms. The molecule has 4 aromatic carbocycles. The van der Waals surface area contributed by atoms with Crippen LogP contribution in [0, 0.1) is 6.92 Å². The van der Waals surface area contributed by atoms with Crippen LogP contribution in [0.15, 0.2) is 95.4 Å². The summed E-state index contributed by atoms with van der Waals surface area (Å²) in [5.41, 5.74) is 8.94. The van der Waals surface area contributed by atoms with Gasteiger partial charge in [0.1, 0.15) is 11.7 Å². The molecular weight excluding hydrogens is 454 g/mol. The van der Waals surface area contributed by atoms with Crippen LogP contribution < -0.4 is 9.80 Å². The molecule has 4 heteroatoms. The monoisotopic (exact) mass is 485 g/mol. The lowest BCUT2D eigenvalue weighted by Crippen LogP contribution is -2.50. The van der Waals surface area contributed by atoms with Crippen LogP contribution in [-0.2, 0) is 12.6 Å². The van der Waals surface area contributed by atoms with Crippen molar-refractivity contribution in [2.75, 3.05) is 9.80 Å². The van der Waals surface area contributed by atoms with Crippen LogP contribution in [0.2, 0.25) is 0 Å². The molecule has 7 rings (SSSR count). The molecular formula is C33H31N3O. The number of rotatable bonds is 3. The molecule has 1 aliphatic rings. The number of hydrogen-bond donors (Lipinski definition) is 0. The van der Waals surface area contributed by atoms with Gasteiger partial charge in [0.05, 0.1) is 22.6 Å². The summed E-state index contributed by atoms with van der Waals surface area (Å²) >= 11 is 0. The molecule has 184 valence electrons. The number of fused-ring (bicyclic) bond motifs is 5. The first-order valence-corrected chi connectivity index (χ1v) is 13.0. The number of aryl methyl sites for hydroxylation is 2. The van der Waals surface area contributed by atoms with Gasteiger partial charge in [-0.15, -0.1) is 0 Å². The zero-order valence-corrected chi connectivity index (χ0v) is 22.0. The second-order valence-corrected chi connectivity index (χ2v) is 10.8. The maximum atomic E-state index is 6.54. The molecule has 4 nitrogen and oxygen atoms in total. The third-order valence-electron chi connectivity index (χ3n) is 8.29. The van der Waals surface area contributed by atoms with Crippen molar-refractivity contribution in [1.82, 2.24) is 4.57 Å². The Kier molecular flexibility index (Phi) is 4.56. The van der Waals surface area contributed by atoms with Gasteiger partial charge in [0.15, 0.2) is 5.58 Å². The Bertz CT molecular complexity index is 1820. The molecule has 3 heterocycles. The predicted molar refractivity (Wildman–Crippen MR) is 155 cm³/mol. The van der Waals surface area contributed by atoms with Crippen LogP contribution in [0.5, 0.6) is 0 Å². The predicted octanol–water partition coefficient (Wildman–Crippen LogP) is 8.63. The van der Waals surface area contributed by atoms with Crippen LogP contribution in [0.1, 0.15) is 32.0 Å². The van der Waals surface area contributed by atoms with Gasteiger partial charge in [0.2, 0.25) is 0 Å². The molecule has 1 atom stereocenters. The van der Waals surface area contributed by atoms with Gasteiger partial charge in [-0.2, -0.15) is 0 Å². The average Bonchev–Trinajstić information content (AvgIpc) is 3.54. The molecule has 0 radical (unpaired) electrons. The highest BCUT2D eigenvalue weighted by Crippen LogP contribution is 2.52. The number of aromatic nitrogens is 1. The first-order valence-electron chi connectivity index (χ1n) is 13.0. The van der Waals surface area contributed by atoms with Gasteiger partial charge < -0.3 is 18.8 Å². The van der Waals surface area contributed by atoms with E-state index in [-0.39, 0.29) is 11.7 Å². The maximum Gasteiger partial charge on any atom is 0.159 e. The highest BCUT2D eigenvalue weighted by Gasteiger charge is 2.44. The van der Waals surface area contributed by atoms with E-state index in [1.54, 1.807) is 0 Å². The lowest BCUT2D eigenvalue weighted by molar-refractivity contribution is 0.427. The van der Waals surface area contributed by atoms with Gasteiger partial charge >= 0.3 is 0 Å². The SMILES string of the molecule is Cc1ccc2c(oc3ccccc32)c1N1c2ccccc2N(C(C)(C)c2cc3ccccc3n2C)[C@@H]1C. The van der Waals surface area contributed by atoms with E-state index in [4.69, 9.17) is 4.42 Å². The van der Waals surface area contributed by atoms with Gasteiger partial charge in [-0.05, 0) is 69.0 Å². The minimum Gasteiger partial charge on any atom is -0.454 e. The van der Waals surface area contributed by atoms with Crippen LogP contribution >= 0.6 is 0 Å². The fourth-order valence-electron chi connectivity index (χ4n) is 6.64. The highest BCUT2D eigenvalue weighted by atomic mass is 16.3. The average molecular weight is 486 g/mol. The van der Waals surface area contributed by atoms with E-state index in [0.717, 1.165) is 27.6 Å². The minimum absolute atomic E-state index is 0.0722. The standard InChI is InChI=1S/C33H31N3O/c1-21-18-19-25-24-13-7-11-17-29(24)37-32(25)31(21)35-22(2)36(28-16-10-9-15-27(28)35)33(3,4)30-20-23-12-6-8-14-26(23)34(30)5/h6-20,22H,1-5H3/t22-/m1/s1. The van der Waals surface area contributed by atoms with Crippen LogP contribution in [0.4, 0.5) is 17.1 Å². The summed E-state index contributed by atoms with van der Waals surface area (Å²) < 4.78 is 8.89. The lowest BCUT2D eigenvalue weighted by atomic mass is 9.96. The number of benzene rings is 4. The molecule has 1 aliphatic heterocycles. The van der Waals surface area contributed by atoms with Crippen molar-refractivity contribution in [2.24, 2.45) is 7.05 Å². The normalized spacial score (nSPS) is 15.9. The number of para-hydroxylation sites is 4. The second-order valence-electron chi connectivity index (χ2n) is 10.8. The van der Waals surface area contributed by atoms with Crippen molar-refractivity contribution in [1.29, 1.82) is 0 Å². The Morgan fingerprint density at radius 3 is 2.30 bits per heavy atom. The van der Waals surface area contributed by atoms with Gasteiger partial charge in [0, 0.05) is 29.0 Å². The molecule has 0 spiro atoms. The summed E-state index contributed by atoms with van der Waals surface area (Å²) in [6.45, 7) is 9.18. The van der Waals surface area contributed by atoms with Crippen molar-refractivity contribution >= 4 is 49.9 Å². The molecule has 0 saturated heterocycles. The van der Waals surface area contributed by atoms with Crippen LogP contribution in [-0.4, -0.2) is 10.7 Å². The minimum atomic E-state index is -0.270. The topological polar surface area (TPSA) is 24.6 Å².